The number of carbonyl (C=O) groups is 1. The van der Waals surface area contributed by atoms with Gasteiger partial charge in [-0.2, -0.15) is 0 Å². The fourth-order valence-electron chi connectivity index (χ4n) is 3.20. The van der Waals surface area contributed by atoms with E-state index in [1.807, 2.05) is 13.0 Å². The van der Waals surface area contributed by atoms with E-state index in [0.717, 1.165) is 12.8 Å². The van der Waals surface area contributed by atoms with Crippen molar-refractivity contribution in [1.29, 1.82) is 0 Å². The lowest BCUT2D eigenvalue weighted by Crippen LogP contribution is -2.32. The number of rotatable bonds is 9. The number of sulfonamides is 1. The number of hydrogen-bond acceptors (Lipinski definition) is 3. The van der Waals surface area contributed by atoms with Gasteiger partial charge in [0.2, 0.25) is 15.9 Å². The highest BCUT2D eigenvalue weighted by Crippen LogP contribution is 2.44. The summed E-state index contributed by atoms with van der Waals surface area (Å²) in [6.07, 6.45) is 2.71. The van der Waals surface area contributed by atoms with Crippen LogP contribution < -0.4 is 10.0 Å². The van der Waals surface area contributed by atoms with Crippen LogP contribution >= 0.6 is 0 Å². The molecule has 1 fully saturated rings. The van der Waals surface area contributed by atoms with Gasteiger partial charge < -0.3 is 5.32 Å². The van der Waals surface area contributed by atoms with Crippen molar-refractivity contribution in [1.82, 2.24) is 5.32 Å². The average molecular weight is 387 g/mol. The SMILES string of the molecule is Cc1ccc(C(CC(=O)NCCS(=O)(=O)Nc2ccccc2)C2CC2)cc1. The Morgan fingerprint density at radius 2 is 1.74 bits per heavy atom. The first kappa shape index (κ1) is 19.4. The van der Waals surface area contributed by atoms with Crippen molar-refractivity contribution in [2.24, 2.45) is 5.92 Å². The molecule has 6 heteroatoms. The number of amides is 1. The first-order chi connectivity index (χ1) is 12.9. The van der Waals surface area contributed by atoms with Gasteiger partial charge in [0.15, 0.2) is 0 Å². The summed E-state index contributed by atoms with van der Waals surface area (Å²) in [5.74, 6) is 0.528. The monoisotopic (exact) mass is 386 g/mol. The summed E-state index contributed by atoms with van der Waals surface area (Å²) >= 11 is 0. The summed E-state index contributed by atoms with van der Waals surface area (Å²) in [5, 5.41) is 2.76. The van der Waals surface area contributed by atoms with Crippen LogP contribution in [-0.2, 0) is 14.8 Å². The zero-order chi connectivity index (χ0) is 19.3. The van der Waals surface area contributed by atoms with E-state index < -0.39 is 10.0 Å². The van der Waals surface area contributed by atoms with Crippen molar-refractivity contribution in [2.45, 2.75) is 32.1 Å². The second-order valence-electron chi connectivity index (χ2n) is 7.20. The number of benzene rings is 2. The number of hydrogen-bond donors (Lipinski definition) is 2. The Labute approximate surface area is 161 Å². The molecule has 3 rings (SSSR count). The molecule has 27 heavy (non-hydrogen) atoms. The molecular weight excluding hydrogens is 360 g/mol. The van der Waals surface area contributed by atoms with Crippen LogP contribution in [-0.4, -0.2) is 26.6 Å². The van der Waals surface area contributed by atoms with Crippen LogP contribution in [0.15, 0.2) is 54.6 Å². The third-order valence-electron chi connectivity index (χ3n) is 4.84. The zero-order valence-corrected chi connectivity index (χ0v) is 16.3. The van der Waals surface area contributed by atoms with E-state index in [-0.39, 0.29) is 24.1 Å². The summed E-state index contributed by atoms with van der Waals surface area (Å²) < 4.78 is 26.7. The Balaban J connectivity index is 1.49. The van der Waals surface area contributed by atoms with E-state index in [9.17, 15) is 13.2 Å². The minimum atomic E-state index is -3.48. The summed E-state index contributed by atoms with van der Waals surface area (Å²) in [6.45, 7) is 2.15. The number of anilines is 1. The Kier molecular flexibility index (Phi) is 6.16. The third-order valence-corrected chi connectivity index (χ3v) is 6.13. The minimum Gasteiger partial charge on any atom is -0.355 e. The molecule has 1 unspecified atom stereocenters. The number of carbonyl (C=O) groups excluding carboxylic acids is 1. The highest BCUT2D eigenvalue weighted by molar-refractivity contribution is 7.92. The van der Waals surface area contributed by atoms with Crippen molar-refractivity contribution in [3.05, 3.63) is 65.7 Å². The van der Waals surface area contributed by atoms with Gasteiger partial charge >= 0.3 is 0 Å². The van der Waals surface area contributed by atoms with Crippen LogP contribution in [0.2, 0.25) is 0 Å². The maximum atomic E-state index is 12.3. The van der Waals surface area contributed by atoms with E-state index in [2.05, 4.69) is 34.3 Å². The van der Waals surface area contributed by atoms with Crippen LogP contribution in [0.25, 0.3) is 0 Å². The average Bonchev–Trinajstić information content (AvgIpc) is 3.46. The maximum Gasteiger partial charge on any atom is 0.234 e. The lowest BCUT2D eigenvalue weighted by atomic mass is 9.90. The smallest absolute Gasteiger partial charge is 0.234 e. The lowest BCUT2D eigenvalue weighted by molar-refractivity contribution is -0.121. The highest BCUT2D eigenvalue weighted by Gasteiger charge is 2.33. The molecule has 1 aliphatic carbocycles. The van der Waals surface area contributed by atoms with Crippen LogP contribution in [0.5, 0.6) is 0 Å². The van der Waals surface area contributed by atoms with Gasteiger partial charge in [0.25, 0.3) is 0 Å². The minimum absolute atomic E-state index is 0.0950. The van der Waals surface area contributed by atoms with E-state index in [0.29, 0.717) is 18.0 Å². The highest BCUT2D eigenvalue weighted by atomic mass is 32.2. The first-order valence-corrected chi connectivity index (χ1v) is 11.0. The molecule has 2 aromatic carbocycles. The van der Waals surface area contributed by atoms with Crippen molar-refractivity contribution >= 4 is 21.6 Å². The molecule has 0 bridgehead atoms. The van der Waals surface area contributed by atoms with Crippen LogP contribution in [0, 0.1) is 12.8 Å². The van der Waals surface area contributed by atoms with Gasteiger partial charge in [-0.3, -0.25) is 9.52 Å². The normalized spacial score (nSPS) is 15.1. The van der Waals surface area contributed by atoms with Gasteiger partial charge in [-0.1, -0.05) is 48.0 Å². The summed E-state index contributed by atoms with van der Waals surface area (Å²) in [7, 11) is -3.48. The van der Waals surface area contributed by atoms with Gasteiger partial charge in [-0.25, -0.2) is 8.42 Å². The van der Waals surface area contributed by atoms with E-state index in [1.165, 1.54) is 11.1 Å². The summed E-state index contributed by atoms with van der Waals surface area (Å²) in [6, 6.07) is 17.1. The van der Waals surface area contributed by atoms with Crippen molar-refractivity contribution in [3.63, 3.8) is 0 Å². The van der Waals surface area contributed by atoms with Gasteiger partial charge in [-0.05, 0) is 49.3 Å². The molecule has 0 aromatic heterocycles. The fourth-order valence-corrected chi connectivity index (χ4v) is 4.17. The standard InChI is InChI=1S/C21H26N2O3S/c1-16-7-9-17(10-8-16)20(18-11-12-18)15-21(24)22-13-14-27(25,26)23-19-5-3-2-4-6-19/h2-10,18,20,23H,11-15H2,1H3,(H,22,24). The van der Waals surface area contributed by atoms with Crippen molar-refractivity contribution in [2.75, 3.05) is 17.0 Å². The van der Waals surface area contributed by atoms with Crippen molar-refractivity contribution in [3.8, 4) is 0 Å². The largest absolute Gasteiger partial charge is 0.355 e. The molecule has 0 aliphatic heterocycles. The molecule has 0 spiro atoms. The lowest BCUT2D eigenvalue weighted by Gasteiger charge is -2.17. The third kappa shape index (κ3) is 6.10. The van der Waals surface area contributed by atoms with E-state index in [4.69, 9.17) is 0 Å². The predicted octanol–water partition coefficient (Wildman–Crippen LogP) is 3.44. The van der Waals surface area contributed by atoms with Gasteiger partial charge in [0.05, 0.1) is 5.75 Å². The molecule has 144 valence electrons. The molecule has 1 aliphatic rings. The summed E-state index contributed by atoms with van der Waals surface area (Å²) in [5.41, 5.74) is 2.92. The maximum absolute atomic E-state index is 12.3. The number of para-hydroxylation sites is 1. The Morgan fingerprint density at radius 1 is 1.07 bits per heavy atom. The van der Waals surface area contributed by atoms with Crippen LogP contribution in [0.1, 0.15) is 36.3 Å². The number of nitrogens with one attached hydrogen (secondary N) is 2. The quantitative estimate of drug-likeness (QED) is 0.693. The van der Waals surface area contributed by atoms with Gasteiger partial charge in [0.1, 0.15) is 0 Å². The molecular formula is C21H26N2O3S. The van der Waals surface area contributed by atoms with Gasteiger partial charge in [0, 0.05) is 18.7 Å². The summed E-state index contributed by atoms with van der Waals surface area (Å²) in [4.78, 5) is 12.3. The second kappa shape index (κ2) is 8.57. The topological polar surface area (TPSA) is 75.3 Å². The molecule has 2 N–H and O–H groups in total. The molecule has 2 aromatic rings. The molecule has 5 nitrogen and oxygen atoms in total. The molecule has 1 amide bonds. The van der Waals surface area contributed by atoms with E-state index >= 15 is 0 Å². The van der Waals surface area contributed by atoms with Crippen LogP contribution in [0.3, 0.4) is 0 Å². The molecule has 0 radical (unpaired) electrons. The van der Waals surface area contributed by atoms with Crippen molar-refractivity contribution < 1.29 is 13.2 Å². The molecule has 0 saturated heterocycles. The van der Waals surface area contributed by atoms with Crippen LogP contribution in [0.4, 0.5) is 5.69 Å². The number of aryl methyl sites for hydroxylation is 1. The van der Waals surface area contributed by atoms with Gasteiger partial charge in [-0.15, -0.1) is 0 Å². The first-order valence-electron chi connectivity index (χ1n) is 9.32. The molecule has 1 atom stereocenters. The molecule has 1 saturated carbocycles. The Hall–Kier alpha value is -2.34. The Morgan fingerprint density at radius 3 is 2.37 bits per heavy atom. The molecule has 0 heterocycles. The second-order valence-corrected chi connectivity index (χ2v) is 9.04. The fraction of sp³-hybridized carbons (Fsp3) is 0.381. The Bertz CT molecular complexity index is 860. The van der Waals surface area contributed by atoms with E-state index in [1.54, 1.807) is 24.3 Å². The predicted molar refractivity (Wildman–Crippen MR) is 108 cm³/mol. The zero-order valence-electron chi connectivity index (χ0n) is 15.5.